The van der Waals surface area contributed by atoms with Crippen molar-refractivity contribution in [2.45, 2.75) is 12.5 Å². The van der Waals surface area contributed by atoms with Crippen molar-refractivity contribution in [1.82, 2.24) is 5.32 Å². The lowest BCUT2D eigenvalue weighted by Gasteiger charge is -2.11. The van der Waals surface area contributed by atoms with E-state index < -0.39 is 0 Å². The molecule has 3 nitrogen and oxygen atoms in total. The SMILES string of the molecule is CNC(Cc1ccco1)c1cc2cccc(Br)c2o1. The van der Waals surface area contributed by atoms with E-state index in [0.717, 1.165) is 33.4 Å². The molecular weight excluding hydrogens is 306 g/mol. The molecule has 2 heterocycles. The standard InChI is InChI=1S/C15H14BrNO2/c1-17-13(9-11-5-3-7-18-11)14-8-10-4-2-6-12(16)15(10)19-14/h2-8,13,17H,9H2,1H3. The minimum Gasteiger partial charge on any atom is -0.469 e. The van der Waals surface area contributed by atoms with Gasteiger partial charge in [-0.1, -0.05) is 12.1 Å². The Morgan fingerprint density at radius 3 is 2.84 bits per heavy atom. The molecule has 0 amide bonds. The second-order valence-corrected chi connectivity index (χ2v) is 5.29. The van der Waals surface area contributed by atoms with Crippen molar-refractivity contribution in [2.24, 2.45) is 0 Å². The van der Waals surface area contributed by atoms with Crippen molar-refractivity contribution >= 4 is 26.9 Å². The molecule has 0 bridgehead atoms. The number of halogens is 1. The lowest BCUT2D eigenvalue weighted by Crippen LogP contribution is -2.17. The molecule has 0 aliphatic carbocycles. The molecule has 0 spiro atoms. The van der Waals surface area contributed by atoms with Gasteiger partial charge in [0.25, 0.3) is 0 Å². The van der Waals surface area contributed by atoms with Gasteiger partial charge in [0.05, 0.1) is 16.8 Å². The van der Waals surface area contributed by atoms with Crippen LogP contribution < -0.4 is 5.32 Å². The van der Waals surface area contributed by atoms with E-state index in [4.69, 9.17) is 8.83 Å². The number of fused-ring (bicyclic) bond motifs is 1. The van der Waals surface area contributed by atoms with Crippen LogP contribution in [0.3, 0.4) is 0 Å². The first-order valence-electron chi connectivity index (χ1n) is 6.15. The van der Waals surface area contributed by atoms with E-state index in [1.54, 1.807) is 6.26 Å². The quantitative estimate of drug-likeness (QED) is 0.779. The van der Waals surface area contributed by atoms with Gasteiger partial charge in [-0.3, -0.25) is 0 Å². The van der Waals surface area contributed by atoms with Crippen molar-refractivity contribution in [3.63, 3.8) is 0 Å². The lowest BCUT2D eigenvalue weighted by molar-refractivity contribution is 0.413. The van der Waals surface area contributed by atoms with Crippen LogP contribution in [0.25, 0.3) is 11.0 Å². The second kappa shape index (κ2) is 5.23. The first-order valence-corrected chi connectivity index (χ1v) is 6.95. The van der Waals surface area contributed by atoms with E-state index in [9.17, 15) is 0 Å². The number of rotatable bonds is 4. The zero-order valence-electron chi connectivity index (χ0n) is 10.5. The highest BCUT2D eigenvalue weighted by atomic mass is 79.9. The second-order valence-electron chi connectivity index (χ2n) is 4.43. The minimum absolute atomic E-state index is 0.102. The number of nitrogens with one attached hydrogen (secondary N) is 1. The molecule has 0 fully saturated rings. The Morgan fingerprint density at radius 1 is 1.26 bits per heavy atom. The molecule has 1 N–H and O–H groups in total. The molecule has 3 aromatic rings. The number of furan rings is 2. The van der Waals surface area contributed by atoms with Gasteiger partial charge in [-0.05, 0) is 47.2 Å². The molecule has 0 saturated carbocycles. The molecule has 1 atom stereocenters. The maximum atomic E-state index is 5.95. The predicted molar refractivity (Wildman–Crippen MR) is 78.1 cm³/mol. The van der Waals surface area contributed by atoms with Crippen LogP contribution in [0, 0.1) is 0 Å². The van der Waals surface area contributed by atoms with Crippen LogP contribution >= 0.6 is 15.9 Å². The summed E-state index contributed by atoms with van der Waals surface area (Å²) < 4.78 is 12.3. The zero-order valence-corrected chi connectivity index (χ0v) is 12.1. The summed E-state index contributed by atoms with van der Waals surface area (Å²) in [5, 5.41) is 4.37. The molecule has 98 valence electrons. The lowest BCUT2D eigenvalue weighted by atomic mass is 10.1. The van der Waals surface area contributed by atoms with Crippen LogP contribution in [0.1, 0.15) is 17.6 Å². The normalized spacial score (nSPS) is 12.9. The van der Waals surface area contributed by atoms with Crippen LogP contribution in [0.2, 0.25) is 0 Å². The predicted octanol–water partition coefficient (Wildman–Crippen LogP) is 4.29. The third-order valence-electron chi connectivity index (χ3n) is 3.19. The van der Waals surface area contributed by atoms with Gasteiger partial charge >= 0.3 is 0 Å². The summed E-state index contributed by atoms with van der Waals surface area (Å²) >= 11 is 3.51. The van der Waals surface area contributed by atoms with E-state index in [2.05, 4.69) is 27.3 Å². The molecule has 3 rings (SSSR count). The molecule has 0 radical (unpaired) electrons. The molecule has 0 saturated heterocycles. The highest BCUT2D eigenvalue weighted by molar-refractivity contribution is 9.10. The molecule has 19 heavy (non-hydrogen) atoms. The van der Waals surface area contributed by atoms with Crippen LogP contribution in [0.15, 0.2) is 56.0 Å². The van der Waals surface area contributed by atoms with E-state index >= 15 is 0 Å². The van der Waals surface area contributed by atoms with Gasteiger partial charge in [-0.2, -0.15) is 0 Å². The largest absolute Gasteiger partial charge is 0.469 e. The van der Waals surface area contributed by atoms with E-state index in [1.807, 2.05) is 37.4 Å². The Kier molecular flexibility index (Phi) is 3.44. The monoisotopic (exact) mass is 319 g/mol. The zero-order chi connectivity index (χ0) is 13.2. The Bertz CT molecular complexity index is 673. The van der Waals surface area contributed by atoms with Crippen molar-refractivity contribution in [1.29, 1.82) is 0 Å². The molecular formula is C15H14BrNO2. The number of hydrogen-bond donors (Lipinski definition) is 1. The van der Waals surface area contributed by atoms with Gasteiger partial charge in [0, 0.05) is 11.8 Å². The Balaban J connectivity index is 1.95. The summed E-state index contributed by atoms with van der Waals surface area (Å²) in [6.07, 6.45) is 2.46. The summed E-state index contributed by atoms with van der Waals surface area (Å²) in [6, 6.07) is 12.1. The van der Waals surface area contributed by atoms with Gasteiger partial charge in [-0.25, -0.2) is 0 Å². The van der Waals surface area contributed by atoms with Gasteiger partial charge in [-0.15, -0.1) is 0 Å². The average molecular weight is 320 g/mol. The van der Waals surface area contributed by atoms with Crippen LogP contribution in [0.4, 0.5) is 0 Å². The highest BCUT2D eigenvalue weighted by Gasteiger charge is 2.17. The molecule has 4 heteroatoms. The molecule has 0 aliphatic heterocycles. The molecule has 0 aliphatic rings. The fraction of sp³-hybridized carbons (Fsp3) is 0.200. The number of para-hydroxylation sites is 1. The third kappa shape index (κ3) is 2.46. The van der Waals surface area contributed by atoms with Crippen LogP contribution in [0.5, 0.6) is 0 Å². The maximum Gasteiger partial charge on any atom is 0.148 e. The molecule has 1 aromatic carbocycles. The van der Waals surface area contributed by atoms with Gasteiger partial charge in [0.2, 0.25) is 0 Å². The van der Waals surface area contributed by atoms with Crippen molar-refractivity contribution in [2.75, 3.05) is 7.05 Å². The highest BCUT2D eigenvalue weighted by Crippen LogP contribution is 2.30. The average Bonchev–Trinajstić information content (AvgIpc) is 3.05. The molecule has 2 aromatic heterocycles. The first-order chi connectivity index (χ1) is 9.28. The van der Waals surface area contributed by atoms with E-state index in [0.29, 0.717) is 0 Å². The van der Waals surface area contributed by atoms with Crippen molar-refractivity contribution in [3.8, 4) is 0 Å². The number of hydrogen-bond acceptors (Lipinski definition) is 3. The Hall–Kier alpha value is -1.52. The summed E-state index contributed by atoms with van der Waals surface area (Å²) in [7, 11) is 1.93. The minimum atomic E-state index is 0.102. The smallest absolute Gasteiger partial charge is 0.148 e. The summed E-state index contributed by atoms with van der Waals surface area (Å²) in [5.74, 6) is 1.86. The van der Waals surface area contributed by atoms with Gasteiger partial charge in [0.15, 0.2) is 0 Å². The number of benzene rings is 1. The third-order valence-corrected chi connectivity index (χ3v) is 3.82. The van der Waals surface area contributed by atoms with Crippen LogP contribution in [-0.4, -0.2) is 7.05 Å². The maximum absolute atomic E-state index is 5.95. The summed E-state index contributed by atoms with van der Waals surface area (Å²) in [6.45, 7) is 0. The van der Waals surface area contributed by atoms with Crippen molar-refractivity contribution < 1.29 is 8.83 Å². The summed E-state index contributed by atoms with van der Waals surface area (Å²) in [5.41, 5.74) is 0.886. The Morgan fingerprint density at radius 2 is 2.16 bits per heavy atom. The van der Waals surface area contributed by atoms with Gasteiger partial charge < -0.3 is 14.2 Å². The van der Waals surface area contributed by atoms with Crippen LogP contribution in [-0.2, 0) is 6.42 Å². The number of likely N-dealkylation sites (N-methyl/N-ethyl adjacent to an activating group) is 1. The van der Waals surface area contributed by atoms with Gasteiger partial charge in [0.1, 0.15) is 17.1 Å². The molecule has 1 unspecified atom stereocenters. The fourth-order valence-corrected chi connectivity index (χ4v) is 2.66. The van der Waals surface area contributed by atoms with Crippen molar-refractivity contribution in [3.05, 3.63) is 58.7 Å². The summed E-state index contributed by atoms with van der Waals surface area (Å²) in [4.78, 5) is 0. The van der Waals surface area contributed by atoms with E-state index in [-0.39, 0.29) is 6.04 Å². The topological polar surface area (TPSA) is 38.3 Å². The Labute approximate surface area is 119 Å². The first kappa shape index (κ1) is 12.5. The van der Waals surface area contributed by atoms with E-state index in [1.165, 1.54) is 0 Å². The fourth-order valence-electron chi connectivity index (χ4n) is 2.19.